The second kappa shape index (κ2) is 10.1. The molecule has 0 saturated carbocycles. The van der Waals surface area contributed by atoms with Crippen LogP contribution in [0.4, 0.5) is 5.69 Å². The van der Waals surface area contributed by atoms with Gasteiger partial charge >= 0.3 is 0 Å². The van der Waals surface area contributed by atoms with Gasteiger partial charge in [0, 0.05) is 5.56 Å². The van der Waals surface area contributed by atoms with E-state index in [1.807, 2.05) is 35.9 Å². The van der Waals surface area contributed by atoms with Gasteiger partial charge in [-0.1, -0.05) is 30.3 Å². The molecule has 5 nitrogen and oxygen atoms in total. The Morgan fingerprint density at radius 1 is 0.771 bits per heavy atom. The van der Waals surface area contributed by atoms with Gasteiger partial charge in [-0.05, 0) is 65.8 Å². The molecule has 0 heterocycles. The van der Waals surface area contributed by atoms with Crippen molar-refractivity contribution in [3.8, 4) is 34.1 Å². The van der Waals surface area contributed by atoms with Crippen molar-refractivity contribution in [1.82, 2.24) is 0 Å². The summed E-state index contributed by atoms with van der Waals surface area (Å²) in [6, 6.07) is 20.8. The maximum atomic E-state index is 5.75. The number of fused-ring (bicyclic) bond motifs is 1. The fourth-order valence-corrected chi connectivity index (χ4v) is 4.77. The van der Waals surface area contributed by atoms with E-state index in [1.54, 1.807) is 28.4 Å². The lowest BCUT2D eigenvalue weighted by atomic mass is 9.87. The van der Waals surface area contributed by atoms with E-state index < -0.39 is 0 Å². The molecular formula is C30H32NO4+. The highest BCUT2D eigenvalue weighted by Crippen LogP contribution is 2.47. The zero-order valence-electron chi connectivity index (χ0n) is 21.3. The third-order valence-corrected chi connectivity index (χ3v) is 6.38. The molecule has 0 spiro atoms. The van der Waals surface area contributed by atoms with E-state index in [1.165, 1.54) is 11.1 Å². The minimum atomic E-state index is 0.675. The van der Waals surface area contributed by atoms with Gasteiger partial charge in [0.05, 0.1) is 39.4 Å². The van der Waals surface area contributed by atoms with Crippen LogP contribution >= 0.6 is 0 Å². The summed E-state index contributed by atoms with van der Waals surface area (Å²) in [5, 5.41) is 2.09. The molecule has 0 amide bonds. The van der Waals surface area contributed by atoms with Crippen molar-refractivity contribution in [2.75, 3.05) is 35.5 Å². The first-order valence-corrected chi connectivity index (χ1v) is 11.4. The molecule has 0 bridgehead atoms. The fourth-order valence-electron chi connectivity index (χ4n) is 4.77. The van der Waals surface area contributed by atoms with Crippen LogP contribution in [0.3, 0.4) is 0 Å². The molecule has 0 radical (unpaired) electrons. The first-order valence-electron chi connectivity index (χ1n) is 11.4. The van der Waals surface area contributed by atoms with Crippen LogP contribution in [0.25, 0.3) is 21.9 Å². The number of hydrogen-bond donors (Lipinski definition) is 0. The Kier molecular flexibility index (Phi) is 6.97. The number of ether oxygens (including phenoxy) is 4. The van der Waals surface area contributed by atoms with Gasteiger partial charge < -0.3 is 18.9 Å². The van der Waals surface area contributed by atoms with E-state index in [9.17, 15) is 0 Å². The minimum Gasteiger partial charge on any atom is -0.493 e. The van der Waals surface area contributed by atoms with Crippen LogP contribution in [-0.2, 0) is 6.42 Å². The molecule has 0 atom stereocenters. The minimum absolute atomic E-state index is 0.675. The Hall–Kier alpha value is -3.99. The number of benzene rings is 4. The Balaban J connectivity index is 2.13. The first kappa shape index (κ1) is 24.1. The summed E-state index contributed by atoms with van der Waals surface area (Å²) in [6.07, 6.45) is 0.759. The van der Waals surface area contributed by atoms with Gasteiger partial charge in [0.15, 0.2) is 23.0 Å². The van der Waals surface area contributed by atoms with E-state index in [0.29, 0.717) is 17.2 Å². The maximum Gasteiger partial charge on any atom is 0.220 e. The van der Waals surface area contributed by atoms with Gasteiger partial charge in [-0.15, -0.1) is 0 Å². The van der Waals surface area contributed by atoms with E-state index in [0.717, 1.165) is 45.3 Å². The lowest BCUT2D eigenvalue weighted by Crippen LogP contribution is -2.04. The van der Waals surface area contributed by atoms with Crippen molar-refractivity contribution in [1.29, 1.82) is 0 Å². The van der Waals surface area contributed by atoms with Crippen molar-refractivity contribution in [2.24, 2.45) is 0 Å². The van der Waals surface area contributed by atoms with E-state index >= 15 is 0 Å². The molecule has 0 aromatic heterocycles. The molecule has 0 aliphatic carbocycles. The summed E-state index contributed by atoms with van der Waals surface area (Å²) in [4.78, 5) is 0. The second-order valence-corrected chi connectivity index (χ2v) is 8.52. The largest absolute Gasteiger partial charge is 0.493 e. The molecule has 0 N–H and O–H groups in total. The van der Waals surface area contributed by atoms with Crippen molar-refractivity contribution in [3.05, 3.63) is 77.4 Å². The average Bonchev–Trinajstić information content (AvgIpc) is 2.87. The highest BCUT2D eigenvalue weighted by Gasteiger charge is 2.26. The summed E-state index contributed by atoms with van der Waals surface area (Å²) in [6.45, 7) is 6.37. The molecular weight excluding hydrogens is 438 g/mol. The normalized spacial score (nSPS) is 10.8. The van der Waals surface area contributed by atoms with Crippen LogP contribution in [0.5, 0.6) is 23.0 Å². The second-order valence-electron chi connectivity index (χ2n) is 8.52. The molecule has 180 valence electrons. The van der Waals surface area contributed by atoms with Crippen LogP contribution in [0.2, 0.25) is 0 Å². The van der Waals surface area contributed by atoms with Crippen LogP contribution < -0.4 is 18.9 Å². The van der Waals surface area contributed by atoms with Crippen LogP contribution in [0, 0.1) is 6.92 Å². The predicted octanol–water partition coefficient (Wildman–Crippen LogP) is 6.41. The highest BCUT2D eigenvalue weighted by atomic mass is 16.5. The Morgan fingerprint density at radius 2 is 1.43 bits per heavy atom. The van der Waals surface area contributed by atoms with Gasteiger partial charge in [-0.25, -0.2) is 4.58 Å². The van der Waals surface area contributed by atoms with Gasteiger partial charge in [0.25, 0.3) is 0 Å². The Morgan fingerprint density at radius 3 is 2.03 bits per heavy atom. The zero-order valence-corrected chi connectivity index (χ0v) is 21.3. The van der Waals surface area contributed by atoms with Crippen molar-refractivity contribution in [2.45, 2.75) is 13.3 Å². The maximum absolute atomic E-state index is 5.75. The third kappa shape index (κ3) is 4.42. The highest BCUT2D eigenvalue weighted by molar-refractivity contribution is 6.02. The van der Waals surface area contributed by atoms with E-state index in [4.69, 9.17) is 18.9 Å². The summed E-state index contributed by atoms with van der Waals surface area (Å²) in [5.41, 5.74) is 6.58. The smallest absolute Gasteiger partial charge is 0.220 e. The Labute approximate surface area is 207 Å². The lowest BCUT2D eigenvalue weighted by Gasteiger charge is -2.20. The molecule has 4 aromatic carbocycles. The Bertz CT molecular complexity index is 1390. The molecule has 0 saturated heterocycles. The standard InChI is InChI=1S/C30H32NO4/c1-19-23(13-14-25(32-4)30(19)35-7)28-22(15-20-11-9-8-10-12-20)16-21-17-26(33-5)27(34-6)18-24(21)29(28)31(2)3/h8-14,16-18H,2,15H2,1,3-7H3/q+1. The molecule has 5 heteroatoms. The molecule has 0 unspecified atom stereocenters. The van der Waals surface area contributed by atoms with Gasteiger partial charge in [-0.3, -0.25) is 0 Å². The van der Waals surface area contributed by atoms with Crippen molar-refractivity contribution < 1.29 is 23.5 Å². The summed E-state index contributed by atoms with van der Waals surface area (Å²) in [7, 11) is 8.61. The van der Waals surface area contributed by atoms with Gasteiger partial charge in [0.1, 0.15) is 13.8 Å². The van der Waals surface area contributed by atoms with Crippen LogP contribution in [0.15, 0.2) is 60.7 Å². The molecule has 35 heavy (non-hydrogen) atoms. The number of hydrogen-bond acceptors (Lipinski definition) is 4. The van der Waals surface area contributed by atoms with Gasteiger partial charge in [0.2, 0.25) is 5.69 Å². The first-order chi connectivity index (χ1) is 16.9. The predicted molar refractivity (Wildman–Crippen MR) is 143 cm³/mol. The quantitative estimate of drug-likeness (QED) is 0.220. The van der Waals surface area contributed by atoms with E-state index in [2.05, 4.69) is 50.0 Å². The number of methoxy groups -OCH3 is 4. The topological polar surface area (TPSA) is 39.9 Å². The molecule has 0 fully saturated rings. The average molecular weight is 471 g/mol. The summed E-state index contributed by atoms with van der Waals surface area (Å²) < 4.78 is 24.5. The summed E-state index contributed by atoms with van der Waals surface area (Å²) in [5.74, 6) is 2.79. The third-order valence-electron chi connectivity index (χ3n) is 6.38. The van der Waals surface area contributed by atoms with Gasteiger partial charge in [-0.2, -0.15) is 0 Å². The molecule has 4 aromatic rings. The van der Waals surface area contributed by atoms with E-state index in [-0.39, 0.29) is 0 Å². The number of rotatable bonds is 8. The molecule has 4 rings (SSSR count). The number of nitrogens with zero attached hydrogens (tertiary/aromatic N) is 1. The van der Waals surface area contributed by atoms with Crippen LogP contribution in [0.1, 0.15) is 16.7 Å². The van der Waals surface area contributed by atoms with Crippen LogP contribution in [-0.4, -0.2) is 46.8 Å². The zero-order chi connectivity index (χ0) is 25.1. The van der Waals surface area contributed by atoms with Crippen molar-refractivity contribution in [3.63, 3.8) is 0 Å². The SMILES string of the molecule is C=[N+](C)c1c(-c2ccc(OC)c(OC)c2C)c(Cc2ccccc2)cc2cc(OC)c(OC)cc12. The fraction of sp³-hybridized carbons (Fsp3) is 0.233. The monoisotopic (exact) mass is 470 g/mol. The van der Waals surface area contributed by atoms with Crippen molar-refractivity contribution >= 4 is 23.2 Å². The summed E-state index contributed by atoms with van der Waals surface area (Å²) >= 11 is 0. The lowest BCUT2D eigenvalue weighted by molar-refractivity contribution is -0.392. The molecule has 0 aliphatic heterocycles. The molecule has 0 aliphatic rings.